The molecule has 1 fully saturated rings. The van der Waals surface area contributed by atoms with E-state index in [1.165, 1.54) is 49.5 Å². The summed E-state index contributed by atoms with van der Waals surface area (Å²) in [7, 11) is 0. The van der Waals surface area contributed by atoms with Crippen LogP contribution in [0.25, 0.3) is 0 Å². The van der Waals surface area contributed by atoms with Crippen molar-refractivity contribution >= 4 is 11.3 Å². The Labute approximate surface area is 130 Å². The second-order valence-electron chi connectivity index (χ2n) is 5.73. The Bertz CT molecular complexity index is 486. The summed E-state index contributed by atoms with van der Waals surface area (Å²) in [6.45, 7) is 4.71. The van der Waals surface area contributed by atoms with Crippen LogP contribution in [-0.2, 0) is 12.8 Å². The number of hydrogen-bond donors (Lipinski definition) is 2. The van der Waals surface area contributed by atoms with E-state index in [0.29, 0.717) is 6.04 Å². The van der Waals surface area contributed by atoms with Gasteiger partial charge in [-0.25, -0.2) is 4.98 Å². The van der Waals surface area contributed by atoms with E-state index in [4.69, 9.17) is 0 Å². The van der Waals surface area contributed by atoms with Gasteiger partial charge in [0.25, 0.3) is 0 Å². The summed E-state index contributed by atoms with van der Waals surface area (Å²) in [5, 5.41) is 5.85. The number of hydrogen-bond acceptors (Lipinski definition) is 4. The Morgan fingerprint density at radius 1 is 1.33 bits per heavy atom. The van der Waals surface area contributed by atoms with Gasteiger partial charge in [-0.1, -0.05) is 6.07 Å². The highest BCUT2D eigenvalue weighted by Crippen LogP contribution is 2.14. The average Bonchev–Trinajstić information content (AvgIpc) is 3.20. The van der Waals surface area contributed by atoms with E-state index in [1.807, 2.05) is 17.5 Å². The predicted octanol–water partition coefficient (Wildman–Crippen LogP) is 2.31. The zero-order valence-corrected chi connectivity index (χ0v) is 13.2. The molecule has 1 saturated heterocycles. The number of nitrogens with one attached hydrogen (secondary N) is 2. The maximum atomic E-state index is 4.05. The predicted molar refractivity (Wildman–Crippen MR) is 87.8 cm³/mol. The zero-order chi connectivity index (χ0) is 14.3. The minimum absolute atomic E-state index is 0.686. The highest BCUT2D eigenvalue weighted by Gasteiger charge is 2.18. The van der Waals surface area contributed by atoms with E-state index < -0.39 is 0 Å². The van der Waals surface area contributed by atoms with Crippen molar-refractivity contribution in [3.63, 3.8) is 0 Å². The number of nitrogens with zero attached hydrogens (tertiary/aromatic N) is 2. The Kier molecular flexibility index (Phi) is 5.43. The van der Waals surface area contributed by atoms with E-state index in [0.717, 1.165) is 13.0 Å². The van der Waals surface area contributed by atoms with Crippen LogP contribution in [0.2, 0.25) is 0 Å². The second-order valence-corrected chi connectivity index (χ2v) is 6.76. The fourth-order valence-electron chi connectivity index (χ4n) is 2.92. The van der Waals surface area contributed by atoms with Gasteiger partial charge in [0.05, 0.1) is 6.33 Å². The molecule has 0 spiro atoms. The molecule has 2 N–H and O–H groups in total. The van der Waals surface area contributed by atoms with Gasteiger partial charge in [-0.05, 0) is 43.8 Å². The van der Waals surface area contributed by atoms with Crippen molar-refractivity contribution in [3.05, 3.63) is 40.6 Å². The minimum Gasteiger partial charge on any atom is -0.348 e. The quantitative estimate of drug-likeness (QED) is 0.825. The highest BCUT2D eigenvalue weighted by molar-refractivity contribution is 7.09. The van der Waals surface area contributed by atoms with Crippen molar-refractivity contribution in [2.75, 3.05) is 26.2 Å². The first kappa shape index (κ1) is 14.8. The molecule has 21 heavy (non-hydrogen) atoms. The lowest BCUT2D eigenvalue weighted by Crippen LogP contribution is -2.43. The van der Waals surface area contributed by atoms with Crippen LogP contribution in [0.3, 0.4) is 0 Å². The van der Waals surface area contributed by atoms with Crippen molar-refractivity contribution in [1.82, 2.24) is 20.2 Å². The number of thiophene rings is 1. The third kappa shape index (κ3) is 4.66. The number of aromatic nitrogens is 2. The maximum absolute atomic E-state index is 4.05. The SMILES string of the molecule is c1csc(CCN2CCC(NCCc3cnc[nH]3)CC2)c1. The topological polar surface area (TPSA) is 44.0 Å². The maximum Gasteiger partial charge on any atom is 0.0921 e. The normalized spacial score (nSPS) is 17.3. The second kappa shape index (κ2) is 7.73. The van der Waals surface area contributed by atoms with Gasteiger partial charge < -0.3 is 15.2 Å². The monoisotopic (exact) mass is 304 g/mol. The molecule has 0 bridgehead atoms. The summed E-state index contributed by atoms with van der Waals surface area (Å²) in [4.78, 5) is 11.3. The van der Waals surface area contributed by atoms with Crippen molar-refractivity contribution < 1.29 is 0 Å². The lowest BCUT2D eigenvalue weighted by Gasteiger charge is -2.32. The fraction of sp³-hybridized carbons (Fsp3) is 0.562. The van der Waals surface area contributed by atoms with Crippen LogP contribution in [0.5, 0.6) is 0 Å². The molecule has 3 rings (SSSR count). The van der Waals surface area contributed by atoms with E-state index in [-0.39, 0.29) is 0 Å². The summed E-state index contributed by atoms with van der Waals surface area (Å²) in [5.41, 5.74) is 1.22. The van der Waals surface area contributed by atoms with Gasteiger partial charge in [0.2, 0.25) is 0 Å². The summed E-state index contributed by atoms with van der Waals surface area (Å²) in [6.07, 6.45) is 8.45. The Hall–Kier alpha value is -1.17. The summed E-state index contributed by atoms with van der Waals surface area (Å²) in [5.74, 6) is 0. The van der Waals surface area contributed by atoms with Gasteiger partial charge in [-0.2, -0.15) is 0 Å². The van der Waals surface area contributed by atoms with Crippen LogP contribution in [-0.4, -0.2) is 47.1 Å². The van der Waals surface area contributed by atoms with Crippen molar-refractivity contribution in [1.29, 1.82) is 0 Å². The number of rotatable bonds is 7. The first-order chi connectivity index (χ1) is 10.4. The number of imidazole rings is 1. The first-order valence-corrected chi connectivity index (χ1v) is 8.73. The number of piperidine rings is 1. The summed E-state index contributed by atoms with van der Waals surface area (Å²) in [6, 6.07) is 5.08. The van der Waals surface area contributed by atoms with Crippen LogP contribution < -0.4 is 5.32 Å². The van der Waals surface area contributed by atoms with Crippen LogP contribution in [0.4, 0.5) is 0 Å². The molecule has 0 saturated carbocycles. The molecule has 0 aliphatic carbocycles. The molecule has 4 nitrogen and oxygen atoms in total. The molecule has 3 heterocycles. The molecular formula is C16H24N4S. The van der Waals surface area contributed by atoms with E-state index in [9.17, 15) is 0 Å². The smallest absolute Gasteiger partial charge is 0.0921 e. The van der Waals surface area contributed by atoms with Crippen molar-refractivity contribution in [2.24, 2.45) is 0 Å². The Morgan fingerprint density at radius 3 is 2.95 bits per heavy atom. The molecule has 5 heteroatoms. The number of likely N-dealkylation sites (tertiary alicyclic amines) is 1. The molecule has 2 aromatic rings. The lowest BCUT2D eigenvalue weighted by atomic mass is 10.0. The van der Waals surface area contributed by atoms with E-state index in [1.54, 1.807) is 6.33 Å². The number of H-pyrrole nitrogens is 1. The van der Waals surface area contributed by atoms with Gasteiger partial charge >= 0.3 is 0 Å². The Morgan fingerprint density at radius 2 is 2.24 bits per heavy atom. The van der Waals surface area contributed by atoms with E-state index >= 15 is 0 Å². The minimum atomic E-state index is 0.686. The third-order valence-electron chi connectivity index (χ3n) is 4.22. The van der Waals surface area contributed by atoms with Gasteiger partial charge in [-0.3, -0.25) is 0 Å². The summed E-state index contributed by atoms with van der Waals surface area (Å²) >= 11 is 1.87. The molecule has 114 valence electrons. The lowest BCUT2D eigenvalue weighted by molar-refractivity contribution is 0.200. The van der Waals surface area contributed by atoms with Crippen molar-refractivity contribution in [2.45, 2.75) is 31.7 Å². The van der Waals surface area contributed by atoms with Gasteiger partial charge in [0.15, 0.2) is 0 Å². The van der Waals surface area contributed by atoms with Crippen molar-refractivity contribution in [3.8, 4) is 0 Å². The zero-order valence-electron chi connectivity index (χ0n) is 12.4. The highest BCUT2D eigenvalue weighted by atomic mass is 32.1. The largest absolute Gasteiger partial charge is 0.348 e. The van der Waals surface area contributed by atoms with Crippen LogP contribution in [0.1, 0.15) is 23.4 Å². The van der Waals surface area contributed by atoms with Crippen LogP contribution in [0.15, 0.2) is 30.0 Å². The average molecular weight is 304 g/mol. The van der Waals surface area contributed by atoms with Crippen LogP contribution >= 0.6 is 11.3 Å². The summed E-state index contributed by atoms with van der Waals surface area (Å²) < 4.78 is 0. The molecule has 2 aromatic heterocycles. The molecule has 0 aromatic carbocycles. The van der Waals surface area contributed by atoms with Gasteiger partial charge in [-0.15, -0.1) is 11.3 Å². The van der Waals surface area contributed by atoms with Crippen LogP contribution in [0, 0.1) is 0 Å². The molecule has 0 amide bonds. The fourth-order valence-corrected chi connectivity index (χ4v) is 3.61. The molecule has 1 aliphatic heterocycles. The van der Waals surface area contributed by atoms with Gasteiger partial charge in [0.1, 0.15) is 0 Å². The Balaban J connectivity index is 1.29. The molecule has 1 aliphatic rings. The molecular weight excluding hydrogens is 280 g/mol. The standard InChI is InChI=1S/C16H24N4S/c1-2-16(21-11-1)6-10-20-8-4-14(5-9-20)18-7-3-15-12-17-13-19-15/h1-2,11-14,18H,3-10H2,(H,17,19). The number of aromatic amines is 1. The van der Waals surface area contributed by atoms with Gasteiger partial charge in [0, 0.05) is 42.3 Å². The molecule has 0 unspecified atom stereocenters. The van der Waals surface area contributed by atoms with E-state index in [2.05, 4.69) is 37.7 Å². The molecule has 0 atom stereocenters. The third-order valence-corrected chi connectivity index (χ3v) is 5.16. The molecule has 0 radical (unpaired) electrons. The first-order valence-electron chi connectivity index (χ1n) is 7.85.